The van der Waals surface area contributed by atoms with E-state index in [4.69, 9.17) is 9.73 Å². The smallest absolute Gasteiger partial charge is 0.191 e. The van der Waals surface area contributed by atoms with E-state index in [-0.39, 0.29) is 0 Å². The molecule has 2 N–H and O–H groups in total. The molecule has 0 atom stereocenters. The average molecular weight is 339 g/mol. The van der Waals surface area contributed by atoms with Crippen molar-refractivity contribution in [3.05, 3.63) is 0 Å². The van der Waals surface area contributed by atoms with Gasteiger partial charge in [-0.25, -0.2) is 0 Å². The maximum Gasteiger partial charge on any atom is 0.191 e. The van der Waals surface area contributed by atoms with Gasteiger partial charge in [-0.05, 0) is 52.0 Å². The third kappa shape index (κ3) is 7.39. The molecule has 2 rings (SSSR count). The van der Waals surface area contributed by atoms with Gasteiger partial charge in [0.15, 0.2) is 5.96 Å². The summed E-state index contributed by atoms with van der Waals surface area (Å²) in [5.74, 6) is 0.979. The Morgan fingerprint density at radius 1 is 1.12 bits per heavy atom. The standard InChI is InChI=1S/C19H38N4O/c1-3-13-23-14-10-17(11-15-23)22-19(20-4-2)21-12-7-16-24-18-8-5-6-9-18/h17-18H,3-16H2,1-2H3,(H2,20,21,22). The number of hydrogen-bond acceptors (Lipinski definition) is 3. The maximum absolute atomic E-state index is 5.91. The van der Waals surface area contributed by atoms with Crippen LogP contribution < -0.4 is 10.6 Å². The Morgan fingerprint density at radius 3 is 2.54 bits per heavy atom. The number of likely N-dealkylation sites (tertiary alicyclic amines) is 1. The van der Waals surface area contributed by atoms with Crippen LogP contribution in [0.3, 0.4) is 0 Å². The zero-order valence-corrected chi connectivity index (χ0v) is 15.9. The molecule has 0 unspecified atom stereocenters. The van der Waals surface area contributed by atoms with Gasteiger partial charge >= 0.3 is 0 Å². The van der Waals surface area contributed by atoms with Gasteiger partial charge in [-0.1, -0.05) is 19.8 Å². The third-order valence-corrected chi connectivity index (χ3v) is 5.04. The van der Waals surface area contributed by atoms with Gasteiger partial charge in [0.05, 0.1) is 6.10 Å². The molecule has 5 heteroatoms. The van der Waals surface area contributed by atoms with Crippen molar-refractivity contribution in [1.82, 2.24) is 15.5 Å². The summed E-state index contributed by atoms with van der Waals surface area (Å²) in [7, 11) is 0. The van der Waals surface area contributed by atoms with Gasteiger partial charge in [0.1, 0.15) is 0 Å². The first kappa shape index (κ1) is 19.5. The normalized spacial score (nSPS) is 21.3. The second-order valence-electron chi connectivity index (χ2n) is 7.15. The number of ether oxygens (including phenoxy) is 1. The molecule has 1 aliphatic carbocycles. The highest BCUT2D eigenvalue weighted by molar-refractivity contribution is 5.80. The Balaban J connectivity index is 1.62. The molecule has 0 aromatic carbocycles. The summed E-state index contributed by atoms with van der Waals surface area (Å²) in [6, 6.07) is 0.561. The molecule has 1 saturated heterocycles. The molecule has 24 heavy (non-hydrogen) atoms. The lowest BCUT2D eigenvalue weighted by atomic mass is 10.1. The first-order valence-electron chi connectivity index (χ1n) is 10.2. The van der Waals surface area contributed by atoms with E-state index >= 15 is 0 Å². The fourth-order valence-corrected chi connectivity index (χ4v) is 3.69. The topological polar surface area (TPSA) is 48.9 Å². The number of nitrogens with zero attached hydrogens (tertiary/aromatic N) is 2. The van der Waals surface area contributed by atoms with Gasteiger partial charge < -0.3 is 20.3 Å². The Labute approximate surface area is 148 Å². The van der Waals surface area contributed by atoms with E-state index < -0.39 is 0 Å². The van der Waals surface area contributed by atoms with E-state index in [0.717, 1.165) is 32.1 Å². The minimum atomic E-state index is 0.522. The van der Waals surface area contributed by atoms with Gasteiger partial charge in [-0.3, -0.25) is 4.99 Å². The van der Waals surface area contributed by atoms with Crippen molar-refractivity contribution >= 4 is 5.96 Å². The van der Waals surface area contributed by atoms with Crippen LogP contribution in [-0.2, 0) is 4.74 Å². The van der Waals surface area contributed by atoms with Crippen LogP contribution in [0.1, 0.15) is 65.2 Å². The van der Waals surface area contributed by atoms with Crippen LogP contribution >= 0.6 is 0 Å². The molecule has 1 saturated carbocycles. The van der Waals surface area contributed by atoms with Crippen LogP contribution in [0.15, 0.2) is 4.99 Å². The number of guanidine groups is 1. The SMILES string of the molecule is CCCN1CCC(NC(=NCCCOC2CCCC2)NCC)CC1. The largest absolute Gasteiger partial charge is 0.378 e. The van der Waals surface area contributed by atoms with Crippen molar-refractivity contribution in [1.29, 1.82) is 0 Å². The number of rotatable bonds is 9. The van der Waals surface area contributed by atoms with Gasteiger partial charge in [0.2, 0.25) is 0 Å². The van der Waals surface area contributed by atoms with Crippen molar-refractivity contribution in [3.8, 4) is 0 Å². The molecular formula is C19H38N4O. The zero-order valence-electron chi connectivity index (χ0n) is 15.9. The fraction of sp³-hybridized carbons (Fsp3) is 0.947. The van der Waals surface area contributed by atoms with E-state index in [9.17, 15) is 0 Å². The molecule has 1 heterocycles. The lowest BCUT2D eigenvalue weighted by molar-refractivity contribution is 0.0579. The first-order chi connectivity index (χ1) is 11.8. The first-order valence-corrected chi connectivity index (χ1v) is 10.2. The van der Waals surface area contributed by atoms with Crippen LogP contribution in [0.5, 0.6) is 0 Å². The minimum Gasteiger partial charge on any atom is -0.378 e. The lowest BCUT2D eigenvalue weighted by Gasteiger charge is -2.32. The predicted molar refractivity (Wildman–Crippen MR) is 102 cm³/mol. The third-order valence-electron chi connectivity index (χ3n) is 5.04. The lowest BCUT2D eigenvalue weighted by Crippen LogP contribution is -2.48. The average Bonchev–Trinajstić information content (AvgIpc) is 3.10. The summed E-state index contributed by atoms with van der Waals surface area (Å²) >= 11 is 0. The maximum atomic E-state index is 5.91. The predicted octanol–water partition coefficient (Wildman–Crippen LogP) is 2.77. The summed E-state index contributed by atoms with van der Waals surface area (Å²) in [5.41, 5.74) is 0. The van der Waals surface area contributed by atoms with Crippen molar-refractivity contribution in [2.24, 2.45) is 4.99 Å². The van der Waals surface area contributed by atoms with E-state index in [0.29, 0.717) is 12.1 Å². The summed E-state index contributed by atoms with van der Waals surface area (Å²) in [6.45, 7) is 10.7. The molecule has 0 amide bonds. The molecule has 0 aromatic heterocycles. The van der Waals surface area contributed by atoms with Crippen LogP contribution in [0.4, 0.5) is 0 Å². The van der Waals surface area contributed by atoms with Gasteiger partial charge in [-0.2, -0.15) is 0 Å². The molecular weight excluding hydrogens is 300 g/mol. The van der Waals surface area contributed by atoms with Gasteiger partial charge in [-0.15, -0.1) is 0 Å². The fourth-order valence-electron chi connectivity index (χ4n) is 3.69. The van der Waals surface area contributed by atoms with Gasteiger partial charge in [0, 0.05) is 38.8 Å². The summed E-state index contributed by atoms with van der Waals surface area (Å²) in [6.07, 6.45) is 10.4. The highest BCUT2D eigenvalue weighted by Gasteiger charge is 2.19. The van der Waals surface area contributed by atoms with Crippen LogP contribution in [0.2, 0.25) is 0 Å². The minimum absolute atomic E-state index is 0.522. The number of aliphatic imine (C=N–C) groups is 1. The van der Waals surface area contributed by atoms with E-state index in [1.54, 1.807) is 0 Å². The zero-order chi connectivity index (χ0) is 17.0. The van der Waals surface area contributed by atoms with E-state index in [1.165, 1.54) is 64.6 Å². The van der Waals surface area contributed by atoms with Gasteiger partial charge in [0.25, 0.3) is 0 Å². The van der Waals surface area contributed by atoms with E-state index in [1.807, 2.05) is 0 Å². The van der Waals surface area contributed by atoms with E-state index in [2.05, 4.69) is 29.4 Å². The highest BCUT2D eigenvalue weighted by Crippen LogP contribution is 2.20. The Hall–Kier alpha value is -0.810. The van der Waals surface area contributed by atoms with Crippen LogP contribution in [0.25, 0.3) is 0 Å². The molecule has 0 bridgehead atoms. The summed E-state index contributed by atoms with van der Waals surface area (Å²) < 4.78 is 5.91. The monoisotopic (exact) mass is 338 g/mol. The number of nitrogens with one attached hydrogen (secondary N) is 2. The molecule has 0 spiro atoms. The molecule has 0 aromatic rings. The Kier molecular flexibility index (Phi) is 9.51. The molecule has 2 fully saturated rings. The molecule has 2 aliphatic rings. The molecule has 140 valence electrons. The van der Waals surface area contributed by atoms with Crippen LogP contribution in [0, 0.1) is 0 Å². The van der Waals surface area contributed by atoms with Crippen molar-refractivity contribution in [2.75, 3.05) is 39.3 Å². The molecule has 0 radical (unpaired) electrons. The quantitative estimate of drug-likeness (QED) is 0.386. The van der Waals surface area contributed by atoms with Crippen LogP contribution in [-0.4, -0.2) is 62.3 Å². The Morgan fingerprint density at radius 2 is 1.88 bits per heavy atom. The second kappa shape index (κ2) is 11.7. The number of hydrogen-bond donors (Lipinski definition) is 2. The van der Waals surface area contributed by atoms with Crippen molar-refractivity contribution in [3.63, 3.8) is 0 Å². The highest BCUT2D eigenvalue weighted by atomic mass is 16.5. The summed E-state index contributed by atoms with van der Waals surface area (Å²) in [4.78, 5) is 7.30. The molecule has 5 nitrogen and oxygen atoms in total. The Bertz CT molecular complexity index is 347. The summed E-state index contributed by atoms with van der Waals surface area (Å²) in [5, 5.41) is 7.01. The number of piperidine rings is 1. The van der Waals surface area contributed by atoms with Crippen molar-refractivity contribution < 1.29 is 4.74 Å². The molecule has 1 aliphatic heterocycles. The van der Waals surface area contributed by atoms with Crippen molar-refractivity contribution in [2.45, 2.75) is 77.4 Å². The second-order valence-corrected chi connectivity index (χ2v) is 7.15.